The Morgan fingerprint density at radius 2 is 2.18 bits per heavy atom. The predicted molar refractivity (Wildman–Crippen MR) is 90.2 cm³/mol. The summed E-state index contributed by atoms with van der Waals surface area (Å²) in [7, 11) is 0. The zero-order valence-corrected chi connectivity index (χ0v) is 13.4. The van der Waals surface area contributed by atoms with Crippen molar-refractivity contribution in [3.63, 3.8) is 0 Å². The monoisotopic (exact) mass is 317 g/mol. The molecule has 0 saturated carbocycles. The molecule has 0 aliphatic rings. The lowest BCUT2D eigenvalue weighted by molar-refractivity contribution is -0.121. The molecule has 0 fully saturated rings. The number of aryl methyl sites for hydroxylation is 3. The van der Waals surface area contributed by atoms with E-state index < -0.39 is 0 Å². The molecule has 1 heterocycles. The van der Waals surface area contributed by atoms with Gasteiger partial charge in [-0.1, -0.05) is 12.1 Å². The molecule has 1 amide bonds. The molecule has 2 aromatic rings. The highest BCUT2D eigenvalue weighted by atomic mass is 32.1. The maximum atomic E-state index is 12.1. The normalized spacial score (nSPS) is 10.3. The van der Waals surface area contributed by atoms with Gasteiger partial charge in [0.25, 0.3) is 0 Å². The van der Waals surface area contributed by atoms with Crippen molar-refractivity contribution in [1.29, 1.82) is 0 Å². The Kier molecular flexibility index (Phi) is 5.11. The van der Waals surface area contributed by atoms with Crippen molar-refractivity contribution in [1.82, 2.24) is 15.2 Å². The largest absolute Gasteiger partial charge is 0.374 e. The molecule has 1 aromatic carbocycles. The molecule has 2 rings (SSSR count). The lowest BCUT2D eigenvalue weighted by atomic mass is 10.2. The van der Waals surface area contributed by atoms with Crippen molar-refractivity contribution in [2.24, 2.45) is 5.73 Å². The third-order valence-corrected chi connectivity index (χ3v) is 3.23. The van der Waals surface area contributed by atoms with Crippen LogP contribution in [0.2, 0.25) is 0 Å². The zero-order chi connectivity index (χ0) is 16.1. The molecule has 7 heteroatoms. The van der Waals surface area contributed by atoms with Crippen LogP contribution in [-0.2, 0) is 11.3 Å². The van der Waals surface area contributed by atoms with Gasteiger partial charge in [0.05, 0.1) is 11.9 Å². The molecule has 6 nitrogen and oxygen atoms in total. The number of amides is 1. The minimum atomic E-state index is -0.178. The first-order chi connectivity index (χ1) is 10.5. The molecular formula is C15H19N5OS. The van der Waals surface area contributed by atoms with E-state index in [0.717, 1.165) is 16.8 Å². The van der Waals surface area contributed by atoms with Crippen LogP contribution in [0.25, 0.3) is 0 Å². The summed E-state index contributed by atoms with van der Waals surface area (Å²) in [6.07, 6.45) is 3.93. The van der Waals surface area contributed by atoms with E-state index in [1.807, 2.05) is 44.3 Å². The second-order valence-corrected chi connectivity index (χ2v) is 5.50. The van der Waals surface area contributed by atoms with E-state index in [4.69, 9.17) is 18.0 Å². The molecule has 1 aromatic heterocycles. The summed E-state index contributed by atoms with van der Waals surface area (Å²) in [5, 5.41) is 5.65. The summed E-state index contributed by atoms with van der Waals surface area (Å²) in [5.41, 5.74) is 11.3. The van der Waals surface area contributed by atoms with Crippen LogP contribution in [0.5, 0.6) is 0 Å². The van der Waals surface area contributed by atoms with Crippen LogP contribution in [0.15, 0.2) is 36.7 Å². The number of aromatic nitrogens is 2. The number of nitrogens with one attached hydrogen (secondary N) is 1. The van der Waals surface area contributed by atoms with Gasteiger partial charge in [0, 0.05) is 19.2 Å². The first-order valence-corrected chi connectivity index (χ1v) is 7.31. The maximum absolute atomic E-state index is 12.1. The first-order valence-electron chi connectivity index (χ1n) is 6.90. The molecule has 3 N–H and O–H groups in total. The fourth-order valence-corrected chi connectivity index (χ4v) is 2.15. The summed E-state index contributed by atoms with van der Waals surface area (Å²) in [5.74, 6) is -0.178. The number of nitrogens with two attached hydrogens (primary N) is 1. The topological polar surface area (TPSA) is 76.2 Å². The summed E-state index contributed by atoms with van der Waals surface area (Å²) < 4.78 is 1.73. The van der Waals surface area contributed by atoms with Gasteiger partial charge in [0.15, 0.2) is 5.11 Å². The Bertz CT molecular complexity index is 682. The van der Waals surface area contributed by atoms with Crippen LogP contribution in [0, 0.1) is 13.8 Å². The summed E-state index contributed by atoms with van der Waals surface area (Å²) in [6.45, 7) is 4.41. The number of nitrogens with zero attached hydrogens (tertiary/aromatic N) is 3. The third-order valence-electron chi connectivity index (χ3n) is 3.05. The third kappa shape index (κ3) is 4.29. The number of carbonyl (C=O) groups is 1. The number of carbonyl (C=O) groups excluding carboxylic acids is 1. The summed E-state index contributed by atoms with van der Waals surface area (Å²) >= 11 is 5.01. The SMILES string of the molecule is Cc1cccc(N(NC(=O)CCn2cc(C)cn2)C(N)=S)c1. The van der Waals surface area contributed by atoms with Gasteiger partial charge in [-0.2, -0.15) is 5.10 Å². The minimum absolute atomic E-state index is 0.0916. The Labute approximate surface area is 134 Å². The van der Waals surface area contributed by atoms with Crippen molar-refractivity contribution in [2.45, 2.75) is 26.8 Å². The van der Waals surface area contributed by atoms with Gasteiger partial charge >= 0.3 is 0 Å². The highest BCUT2D eigenvalue weighted by molar-refractivity contribution is 7.80. The van der Waals surface area contributed by atoms with Crippen LogP contribution < -0.4 is 16.2 Å². The van der Waals surface area contributed by atoms with Crippen LogP contribution >= 0.6 is 12.2 Å². The van der Waals surface area contributed by atoms with Crippen LogP contribution in [0.4, 0.5) is 5.69 Å². The van der Waals surface area contributed by atoms with E-state index in [1.54, 1.807) is 10.9 Å². The number of anilines is 1. The smallest absolute Gasteiger partial charge is 0.240 e. The van der Waals surface area contributed by atoms with Gasteiger partial charge in [-0.3, -0.25) is 14.9 Å². The van der Waals surface area contributed by atoms with Crippen molar-refractivity contribution in [3.8, 4) is 0 Å². The van der Waals surface area contributed by atoms with E-state index in [-0.39, 0.29) is 17.4 Å². The summed E-state index contributed by atoms with van der Waals surface area (Å²) in [6, 6.07) is 7.58. The molecule has 0 bridgehead atoms. The molecular weight excluding hydrogens is 298 g/mol. The predicted octanol–water partition coefficient (Wildman–Crippen LogP) is 1.67. The number of benzene rings is 1. The van der Waals surface area contributed by atoms with Gasteiger partial charge in [0.2, 0.25) is 5.91 Å². The molecule has 0 spiro atoms. The van der Waals surface area contributed by atoms with Gasteiger partial charge in [0.1, 0.15) is 0 Å². The van der Waals surface area contributed by atoms with Crippen LogP contribution in [-0.4, -0.2) is 20.8 Å². The molecule has 0 saturated heterocycles. The number of hydrazine groups is 1. The second kappa shape index (κ2) is 7.04. The number of rotatable bonds is 4. The van der Waals surface area contributed by atoms with Gasteiger partial charge in [-0.25, -0.2) is 5.01 Å². The molecule has 22 heavy (non-hydrogen) atoms. The van der Waals surface area contributed by atoms with E-state index in [1.165, 1.54) is 5.01 Å². The van der Waals surface area contributed by atoms with E-state index in [2.05, 4.69) is 10.5 Å². The summed E-state index contributed by atoms with van der Waals surface area (Å²) in [4.78, 5) is 12.1. The minimum Gasteiger partial charge on any atom is -0.374 e. The van der Waals surface area contributed by atoms with Crippen molar-refractivity contribution in [2.75, 3.05) is 5.01 Å². The first kappa shape index (κ1) is 16.0. The van der Waals surface area contributed by atoms with Crippen LogP contribution in [0.3, 0.4) is 0 Å². The quantitative estimate of drug-likeness (QED) is 0.663. The number of thiocarbonyl (C=S) groups is 1. The standard InChI is InChI=1S/C15H19N5OS/c1-11-4-3-5-13(8-11)20(15(16)22)18-14(21)6-7-19-10-12(2)9-17-19/h3-5,8-10H,6-7H2,1-2H3,(H2,16,22)(H,18,21). The maximum Gasteiger partial charge on any atom is 0.240 e. The fraction of sp³-hybridized carbons (Fsp3) is 0.267. The molecule has 0 aliphatic heterocycles. The molecule has 0 atom stereocenters. The molecule has 0 aliphatic carbocycles. The average Bonchev–Trinajstić information content (AvgIpc) is 2.88. The molecule has 116 valence electrons. The van der Waals surface area contributed by atoms with Gasteiger partial charge < -0.3 is 5.73 Å². The van der Waals surface area contributed by atoms with Crippen LogP contribution in [0.1, 0.15) is 17.5 Å². The Morgan fingerprint density at radius 3 is 2.77 bits per heavy atom. The number of hydrogen-bond acceptors (Lipinski definition) is 3. The highest BCUT2D eigenvalue weighted by Crippen LogP contribution is 2.14. The Balaban J connectivity index is 1.98. The van der Waals surface area contributed by atoms with Gasteiger partial charge in [-0.15, -0.1) is 0 Å². The average molecular weight is 317 g/mol. The molecule has 0 radical (unpaired) electrons. The van der Waals surface area contributed by atoms with E-state index >= 15 is 0 Å². The van der Waals surface area contributed by atoms with E-state index in [9.17, 15) is 4.79 Å². The lowest BCUT2D eigenvalue weighted by Crippen LogP contribution is -2.49. The Morgan fingerprint density at radius 1 is 1.41 bits per heavy atom. The molecule has 0 unspecified atom stereocenters. The van der Waals surface area contributed by atoms with Crippen molar-refractivity contribution < 1.29 is 4.79 Å². The highest BCUT2D eigenvalue weighted by Gasteiger charge is 2.13. The van der Waals surface area contributed by atoms with E-state index in [0.29, 0.717) is 6.54 Å². The lowest BCUT2D eigenvalue weighted by Gasteiger charge is -2.23. The second-order valence-electron chi connectivity index (χ2n) is 5.08. The van der Waals surface area contributed by atoms with Crippen molar-refractivity contribution >= 4 is 28.9 Å². The fourth-order valence-electron chi connectivity index (χ4n) is 2.00. The Hall–Kier alpha value is -2.41. The number of hydrogen-bond donors (Lipinski definition) is 2. The zero-order valence-electron chi connectivity index (χ0n) is 12.6. The van der Waals surface area contributed by atoms with Gasteiger partial charge in [-0.05, 0) is 49.3 Å². The van der Waals surface area contributed by atoms with Crippen molar-refractivity contribution in [3.05, 3.63) is 47.8 Å².